The molecule has 2 saturated heterocycles. The Morgan fingerprint density at radius 1 is 1.00 bits per heavy atom. The van der Waals surface area contributed by atoms with Gasteiger partial charge in [0.15, 0.2) is 5.96 Å². The predicted octanol–water partition coefficient (Wildman–Crippen LogP) is 2.80. The molecule has 0 aromatic carbocycles. The molecular formula is C22H44IN5O. The van der Waals surface area contributed by atoms with Gasteiger partial charge in [-0.1, -0.05) is 19.3 Å². The topological polar surface area (TPSA) is 63.1 Å². The molecule has 0 amide bonds. The largest absolute Gasteiger partial charge is 0.393 e. The first-order valence-electron chi connectivity index (χ1n) is 11.9. The Balaban J connectivity index is 0.00000300. The van der Waals surface area contributed by atoms with E-state index in [0.29, 0.717) is 6.04 Å². The second-order valence-electron chi connectivity index (χ2n) is 8.96. The van der Waals surface area contributed by atoms with Gasteiger partial charge in [0.1, 0.15) is 0 Å². The van der Waals surface area contributed by atoms with E-state index in [0.717, 1.165) is 64.0 Å². The van der Waals surface area contributed by atoms with Crippen molar-refractivity contribution < 1.29 is 5.11 Å². The molecular weight excluding hydrogens is 477 g/mol. The highest BCUT2D eigenvalue weighted by molar-refractivity contribution is 14.0. The zero-order valence-electron chi connectivity index (χ0n) is 18.4. The molecule has 0 aromatic heterocycles. The molecule has 0 aromatic rings. The van der Waals surface area contributed by atoms with Gasteiger partial charge in [-0.15, -0.1) is 24.0 Å². The molecule has 0 radical (unpaired) electrons. The Morgan fingerprint density at radius 3 is 2.48 bits per heavy atom. The smallest absolute Gasteiger partial charge is 0.191 e. The quantitative estimate of drug-likeness (QED) is 0.208. The minimum atomic E-state index is -0.0810. The molecule has 1 unspecified atom stereocenters. The first kappa shape index (κ1) is 25.1. The summed E-state index contributed by atoms with van der Waals surface area (Å²) in [6, 6.07) is 1.35. The molecule has 3 fully saturated rings. The molecule has 1 saturated carbocycles. The molecule has 29 heavy (non-hydrogen) atoms. The van der Waals surface area contributed by atoms with Crippen molar-refractivity contribution in [3.8, 4) is 0 Å². The van der Waals surface area contributed by atoms with Crippen LogP contribution in [-0.2, 0) is 0 Å². The molecule has 1 atom stereocenters. The first-order valence-corrected chi connectivity index (χ1v) is 11.9. The molecule has 3 N–H and O–H groups in total. The van der Waals surface area contributed by atoms with Crippen molar-refractivity contribution in [2.24, 2.45) is 4.99 Å². The normalized spacial score (nSPS) is 26.1. The number of hydrogen-bond donors (Lipinski definition) is 3. The van der Waals surface area contributed by atoms with Crippen LogP contribution < -0.4 is 10.6 Å². The molecule has 2 aliphatic heterocycles. The molecule has 3 aliphatic rings. The maximum atomic E-state index is 9.62. The number of hydrogen-bond acceptors (Lipinski definition) is 4. The summed E-state index contributed by atoms with van der Waals surface area (Å²) in [6.07, 6.45) is 12.5. The fourth-order valence-corrected chi connectivity index (χ4v) is 5.04. The van der Waals surface area contributed by atoms with E-state index >= 15 is 0 Å². The average Bonchev–Trinajstić information content (AvgIpc) is 2.73. The van der Waals surface area contributed by atoms with Crippen molar-refractivity contribution in [3.63, 3.8) is 0 Å². The van der Waals surface area contributed by atoms with E-state index in [4.69, 9.17) is 4.99 Å². The molecule has 0 bridgehead atoms. The van der Waals surface area contributed by atoms with Crippen LogP contribution in [0.25, 0.3) is 0 Å². The molecule has 6 nitrogen and oxygen atoms in total. The van der Waals surface area contributed by atoms with Gasteiger partial charge in [-0.25, -0.2) is 0 Å². The second kappa shape index (κ2) is 14.0. The van der Waals surface area contributed by atoms with Gasteiger partial charge in [0.2, 0.25) is 0 Å². The lowest BCUT2D eigenvalue weighted by Crippen LogP contribution is -2.53. The number of aliphatic imine (C=N–C) groups is 1. The summed E-state index contributed by atoms with van der Waals surface area (Å²) in [5.41, 5.74) is 0. The van der Waals surface area contributed by atoms with Crippen molar-refractivity contribution >= 4 is 29.9 Å². The molecule has 7 heteroatoms. The van der Waals surface area contributed by atoms with Crippen LogP contribution >= 0.6 is 24.0 Å². The number of aliphatic hydroxyl groups is 1. The first-order chi connectivity index (χ1) is 13.7. The number of nitrogens with one attached hydrogen (secondary N) is 2. The SMILES string of the molecule is CCNC(=NCCCN1CCC(O)CC1)NC1CCCN(C2CCCCC2)C1.I. The van der Waals surface area contributed by atoms with Crippen LogP contribution in [-0.4, -0.2) is 84.9 Å². The van der Waals surface area contributed by atoms with E-state index in [9.17, 15) is 5.11 Å². The van der Waals surface area contributed by atoms with Crippen LogP contribution in [0.3, 0.4) is 0 Å². The van der Waals surface area contributed by atoms with Gasteiger partial charge in [-0.2, -0.15) is 0 Å². The third-order valence-corrected chi connectivity index (χ3v) is 6.69. The molecule has 0 spiro atoms. The Labute approximate surface area is 195 Å². The fraction of sp³-hybridized carbons (Fsp3) is 0.955. The van der Waals surface area contributed by atoms with Gasteiger partial charge in [-0.3, -0.25) is 9.89 Å². The Hall–Kier alpha value is -0.120. The lowest BCUT2D eigenvalue weighted by molar-refractivity contribution is 0.0824. The lowest BCUT2D eigenvalue weighted by Gasteiger charge is -2.40. The lowest BCUT2D eigenvalue weighted by atomic mass is 9.92. The number of guanidine groups is 1. The van der Waals surface area contributed by atoms with Gasteiger partial charge in [-0.05, 0) is 65.0 Å². The minimum Gasteiger partial charge on any atom is -0.393 e. The summed E-state index contributed by atoms with van der Waals surface area (Å²) in [7, 11) is 0. The highest BCUT2D eigenvalue weighted by Gasteiger charge is 2.27. The highest BCUT2D eigenvalue weighted by atomic mass is 127. The summed E-state index contributed by atoms with van der Waals surface area (Å²) in [5.74, 6) is 0.993. The van der Waals surface area contributed by atoms with Gasteiger partial charge >= 0.3 is 0 Å². The summed E-state index contributed by atoms with van der Waals surface area (Å²) in [4.78, 5) is 10.1. The molecule has 2 heterocycles. The summed E-state index contributed by atoms with van der Waals surface area (Å²) in [6.45, 7) is 9.53. The van der Waals surface area contributed by atoms with E-state index in [1.807, 2.05) is 0 Å². The van der Waals surface area contributed by atoms with Gasteiger partial charge < -0.3 is 20.6 Å². The Bertz CT molecular complexity index is 464. The zero-order valence-corrected chi connectivity index (χ0v) is 20.8. The van der Waals surface area contributed by atoms with E-state index < -0.39 is 0 Å². The van der Waals surface area contributed by atoms with Crippen LogP contribution in [0.1, 0.15) is 71.1 Å². The Morgan fingerprint density at radius 2 is 1.76 bits per heavy atom. The van der Waals surface area contributed by atoms with Crippen molar-refractivity contribution in [2.45, 2.75) is 89.3 Å². The Kier molecular flexibility index (Phi) is 12.2. The minimum absolute atomic E-state index is 0. The summed E-state index contributed by atoms with van der Waals surface area (Å²) < 4.78 is 0. The van der Waals surface area contributed by atoms with Crippen LogP contribution in [0.5, 0.6) is 0 Å². The van der Waals surface area contributed by atoms with Crippen molar-refractivity contribution in [1.29, 1.82) is 0 Å². The predicted molar refractivity (Wildman–Crippen MR) is 132 cm³/mol. The van der Waals surface area contributed by atoms with Crippen LogP contribution in [0.15, 0.2) is 4.99 Å². The number of rotatable bonds is 7. The molecule has 170 valence electrons. The average molecular weight is 522 g/mol. The van der Waals surface area contributed by atoms with Gasteiger partial charge in [0.05, 0.1) is 6.10 Å². The van der Waals surface area contributed by atoms with Crippen LogP contribution in [0, 0.1) is 0 Å². The number of likely N-dealkylation sites (tertiary alicyclic amines) is 2. The van der Waals surface area contributed by atoms with Gasteiger partial charge in [0, 0.05) is 44.8 Å². The van der Waals surface area contributed by atoms with Crippen LogP contribution in [0.2, 0.25) is 0 Å². The van der Waals surface area contributed by atoms with E-state index in [1.54, 1.807) is 0 Å². The zero-order chi connectivity index (χ0) is 19.6. The van der Waals surface area contributed by atoms with Crippen molar-refractivity contribution in [3.05, 3.63) is 0 Å². The number of halogens is 1. The van der Waals surface area contributed by atoms with E-state index in [1.165, 1.54) is 58.0 Å². The van der Waals surface area contributed by atoms with Crippen LogP contribution in [0.4, 0.5) is 0 Å². The second-order valence-corrected chi connectivity index (χ2v) is 8.96. The third-order valence-electron chi connectivity index (χ3n) is 6.69. The van der Waals surface area contributed by atoms with Crippen molar-refractivity contribution in [1.82, 2.24) is 20.4 Å². The number of aliphatic hydroxyl groups excluding tert-OH is 1. The monoisotopic (exact) mass is 521 g/mol. The fourth-order valence-electron chi connectivity index (χ4n) is 5.04. The number of nitrogens with zero attached hydrogens (tertiary/aromatic N) is 3. The number of piperidine rings is 2. The summed E-state index contributed by atoms with van der Waals surface area (Å²) in [5, 5.41) is 16.8. The standard InChI is InChI=1S/C22H43N5O.HI/c1-2-23-22(24-13-7-14-26-16-11-21(28)12-17-26)25-19-8-6-15-27(18-19)20-9-4-3-5-10-20;/h19-21,28H,2-18H2,1H3,(H2,23,24,25);1H. The maximum absolute atomic E-state index is 9.62. The highest BCUT2D eigenvalue weighted by Crippen LogP contribution is 2.25. The maximum Gasteiger partial charge on any atom is 0.191 e. The molecule has 1 aliphatic carbocycles. The van der Waals surface area contributed by atoms with E-state index in [-0.39, 0.29) is 30.1 Å². The van der Waals surface area contributed by atoms with Gasteiger partial charge in [0.25, 0.3) is 0 Å². The van der Waals surface area contributed by atoms with E-state index in [2.05, 4.69) is 27.4 Å². The molecule has 3 rings (SSSR count). The van der Waals surface area contributed by atoms with Crippen molar-refractivity contribution in [2.75, 3.05) is 45.8 Å². The third kappa shape index (κ3) is 8.87. The summed E-state index contributed by atoms with van der Waals surface area (Å²) >= 11 is 0.